The highest BCUT2D eigenvalue weighted by molar-refractivity contribution is 5.04. The molecule has 2 aliphatic rings. The topological polar surface area (TPSA) is 15.3 Å². The van der Waals surface area contributed by atoms with Crippen LogP contribution >= 0.6 is 0 Å². The quantitative estimate of drug-likeness (QED) is 0.630. The largest absolute Gasteiger partial charge is 0.314 e. The van der Waals surface area contributed by atoms with Crippen molar-refractivity contribution >= 4 is 0 Å². The molecule has 1 saturated carbocycles. The first-order valence-electron chi connectivity index (χ1n) is 5.08. The average molecular weight is 168 g/mol. The highest BCUT2D eigenvalue weighted by Crippen LogP contribution is 2.49. The maximum atomic E-state index is 3.43. The lowest BCUT2D eigenvalue weighted by molar-refractivity contribution is 0.147. The van der Waals surface area contributed by atoms with E-state index in [2.05, 4.69) is 31.0 Å². The Bertz CT molecular complexity index is 177. The minimum absolute atomic E-state index is 0.603. The summed E-state index contributed by atoms with van der Waals surface area (Å²) in [5.74, 6) is 0. The number of hydrogen-bond donors (Lipinski definition) is 1. The van der Waals surface area contributed by atoms with Gasteiger partial charge in [-0.25, -0.2) is 0 Å². The summed E-state index contributed by atoms with van der Waals surface area (Å²) in [6.07, 6.45) is 1.40. The fraction of sp³-hybridized carbons (Fsp3) is 1.00. The van der Waals surface area contributed by atoms with Gasteiger partial charge < -0.3 is 5.32 Å². The molecule has 70 valence electrons. The second-order valence-electron chi connectivity index (χ2n) is 5.00. The van der Waals surface area contributed by atoms with Crippen molar-refractivity contribution in [2.45, 2.75) is 39.3 Å². The van der Waals surface area contributed by atoms with Crippen LogP contribution in [-0.4, -0.2) is 36.6 Å². The number of nitrogens with one attached hydrogen (secondary N) is 1. The Kier molecular flexibility index (Phi) is 1.92. The fourth-order valence-corrected chi connectivity index (χ4v) is 2.33. The van der Waals surface area contributed by atoms with Crippen LogP contribution in [0, 0.1) is 5.41 Å². The van der Waals surface area contributed by atoms with Crippen LogP contribution in [0.3, 0.4) is 0 Å². The van der Waals surface area contributed by atoms with Crippen molar-refractivity contribution in [2.75, 3.05) is 19.6 Å². The Balaban J connectivity index is 1.95. The zero-order chi connectivity index (χ0) is 8.77. The standard InChI is InChI=1S/C10H20N2/c1-8-7-11-4-5-12(8)9-6-10(9,2)3/h8-9,11H,4-7H2,1-3H3. The van der Waals surface area contributed by atoms with Crippen molar-refractivity contribution in [2.24, 2.45) is 5.41 Å². The van der Waals surface area contributed by atoms with Crippen molar-refractivity contribution in [3.8, 4) is 0 Å². The first-order chi connectivity index (χ1) is 5.61. The van der Waals surface area contributed by atoms with Crippen molar-refractivity contribution < 1.29 is 0 Å². The third kappa shape index (κ3) is 1.38. The van der Waals surface area contributed by atoms with E-state index in [-0.39, 0.29) is 0 Å². The van der Waals surface area contributed by atoms with Gasteiger partial charge in [0.25, 0.3) is 0 Å². The van der Waals surface area contributed by atoms with Gasteiger partial charge in [-0.1, -0.05) is 13.8 Å². The highest BCUT2D eigenvalue weighted by atomic mass is 15.3. The summed E-state index contributed by atoms with van der Waals surface area (Å²) in [5.41, 5.74) is 0.603. The molecule has 2 atom stereocenters. The van der Waals surface area contributed by atoms with E-state index in [0.717, 1.165) is 12.1 Å². The minimum Gasteiger partial charge on any atom is -0.314 e. The van der Waals surface area contributed by atoms with Gasteiger partial charge >= 0.3 is 0 Å². The lowest BCUT2D eigenvalue weighted by Crippen LogP contribution is -2.51. The summed E-state index contributed by atoms with van der Waals surface area (Å²) >= 11 is 0. The average Bonchev–Trinajstić information content (AvgIpc) is 2.61. The maximum absolute atomic E-state index is 3.43. The van der Waals surface area contributed by atoms with Gasteiger partial charge in [-0.05, 0) is 18.8 Å². The summed E-state index contributed by atoms with van der Waals surface area (Å²) in [6.45, 7) is 10.7. The molecule has 0 radical (unpaired) electrons. The van der Waals surface area contributed by atoms with Crippen LogP contribution in [0.4, 0.5) is 0 Å². The molecule has 1 saturated heterocycles. The zero-order valence-electron chi connectivity index (χ0n) is 8.43. The fourth-order valence-electron chi connectivity index (χ4n) is 2.33. The number of nitrogens with zero attached hydrogens (tertiary/aromatic N) is 1. The molecule has 0 spiro atoms. The summed E-state index contributed by atoms with van der Waals surface area (Å²) in [5, 5.41) is 3.43. The molecule has 2 nitrogen and oxygen atoms in total. The van der Waals surface area contributed by atoms with Gasteiger partial charge in [0.05, 0.1) is 0 Å². The van der Waals surface area contributed by atoms with E-state index in [1.54, 1.807) is 0 Å². The zero-order valence-corrected chi connectivity index (χ0v) is 8.43. The molecule has 2 rings (SSSR count). The van der Waals surface area contributed by atoms with Crippen LogP contribution in [0.1, 0.15) is 27.2 Å². The van der Waals surface area contributed by atoms with Crippen molar-refractivity contribution in [1.29, 1.82) is 0 Å². The molecule has 0 amide bonds. The van der Waals surface area contributed by atoms with Crippen molar-refractivity contribution in [1.82, 2.24) is 10.2 Å². The Morgan fingerprint density at radius 3 is 2.58 bits per heavy atom. The summed E-state index contributed by atoms with van der Waals surface area (Å²) in [4.78, 5) is 2.68. The van der Waals surface area contributed by atoms with E-state index in [1.165, 1.54) is 26.1 Å². The second-order valence-corrected chi connectivity index (χ2v) is 5.00. The van der Waals surface area contributed by atoms with Crippen LogP contribution in [0.5, 0.6) is 0 Å². The van der Waals surface area contributed by atoms with E-state index in [1.807, 2.05) is 0 Å². The Morgan fingerprint density at radius 1 is 1.42 bits per heavy atom. The third-order valence-electron chi connectivity index (χ3n) is 3.41. The van der Waals surface area contributed by atoms with Gasteiger partial charge in [-0.2, -0.15) is 0 Å². The third-order valence-corrected chi connectivity index (χ3v) is 3.41. The van der Waals surface area contributed by atoms with Crippen molar-refractivity contribution in [3.63, 3.8) is 0 Å². The van der Waals surface area contributed by atoms with E-state index in [9.17, 15) is 0 Å². The molecule has 1 heterocycles. The Hall–Kier alpha value is -0.0800. The van der Waals surface area contributed by atoms with Gasteiger partial charge in [0.1, 0.15) is 0 Å². The second kappa shape index (κ2) is 2.71. The van der Waals surface area contributed by atoms with E-state index in [0.29, 0.717) is 5.41 Å². The molecule has 12 heavy (non-hydrogen) atoms. The predicted molar refractivity (Wildman–Crippen MR) is 51.2 cm³/mol. The van der Waals surface area contributed by atoms with Crippen LogP contribution in [0.25, 0.3) is 0 Å². The molecule has 1 aliphatic heterocycles. The molecule has 0 aromatic heterocycles. The SMILES string of the molecule is CC1CNCCN1C1CC1(C)C. The van der Waals surface area contributed by atoms with Gasteiger partial charge in [0.2, 0.25) is 0 Å². The van der Waals surface area contributed by atoms with Gasteiger partial charge in [-0.15, -0.1) is 0 Å². The molecule has 2 fully saturated rings. The minimum atomic E-state index is 0.603. The smallest absolute Gasteiger partial charge is 0.0196 e. The molecule has 2 unspecified atom stereocenters. The number of rotatable bonds is 1. The van der Waals surface area contributed by atoms with E-state index >= 15 is 0 Å². The number of hydrogen-bond acceptors (Lipinski definition) is 2. The van der Waals surface area contributed by atoms with Crippen molar-refractivity contribution in [3.05, 3.63) is 0 Å². The van der Waals surface area contributed by atoms with Crippen LogP contribution in [0.2, 0.25) is 0 Å². The summed E-state index contributed by atoms with van der Waals surface area (Å²) < 4.78 is 0. The first-order valence-corrected chi connectivity index (χ1v) is 5.08. The molecule has 1 aliphatic carbocycles. The number of piperazine rings is 1. The summed E-state index contributed by atoms with van der Waals surface area (Å²) in [6, 6.07) is 1.61. The highest BCUT2D eigenvalue weighted by Gasteiger charge is 2.50. The van der Waals surface area contributed by atoms with Gasteiger partial charge in [0, 0.05) is 31.7 Å². The molecule has 0 aromatic rings. The Labute approximate surface area is 75.3 Å². The monoisotopic (exact) mass is 168 g/mol. The maximum Gasteiger partial charge on any atom is 0.0196 e. The Morgan fingerprint density at radius 2 is 2.08 bits per heavy atom. The normalized spacial score (nSPS) is 41.2. The van der Waals surface area contributed by atoms with Crippen LogP contribution in [0.15, 0.2) is 0 Å². The molecular formula is C10H20N2. The predicted octanol–water partition coefficient (Wildman–Crippen LogP) is 1.08. The van der Waals surface area contributed by atoms with Gasteiger partial charge in [-0.3, -0.25) is 4.90 Å². The van der Waals surface area contributed by atoms with Crippen LogP contribution < -0.4 is 5.32 Å². The molecule has 0 bridgehead atoms. The van der Waals surface area contributed by atoms with E-state index < -0.39 is 0 Å². The summed E-state index contributed by atoms with van der Waals surface area (Å²) in [7, 11) is 0. The molecule has 0 aromatic carbocycles. The van der Waals surface area contributed by atoms with Gasteiger partial charge in [0.15, 0.2) is 0 Å². The van der Waals surface area contributed by atoms with Crippen LogP contribution in [-0.2, 0) is 0 Å². The molecule has 1 N–H and O–H groups in total. The lowest BCUT2D eigenvalue weighted by atomic mass is 10.1. The first kappa shape index (κ1) is 8.52. The lowest BCUT2D eigenvalue weighted by Gasteiger charge is -2.35. The van der Waals surface area contributed by atoms with E-state index in [4.69, 9.17) is 0 Å². The molecular weight excluding hydrogens is 148 g/mol. The molecule has 2 heteroatoms.